The largest absolute Gasteiger partial charge is 0.492 e. The predicted octanol–water partition coefficient (Wildman–Crippen LogP) is 2.73. The molecule has 0 aliphatic carbocycles. The Morgan fingerprint density at radius 2 is 1.96 bits per heavy atom. The van der Waals surface area contributed by atoms with Crippen molar-refractivity contribution in [2.45, 2.75) is 26.3 Å². The standard InChI is InChI=1S/C20H22N4O2S/c1-2-15(19(21)27)13-14-7-9-16(10-8-14)26-12-11-24-20(25)17-5-3-4-6-18(17)22-23-24/h3-10,15H,2,11-13H2,1H3,(H2,21,27). The van der Waals surface area contributed by atoms with Gasteiger partial charge in [-0.25, -0.2) is 4.68 Å². The van der Waals surface area contributed by atoms with E-state index in [1.54, 1.807) is 12.1 Å². The number of hydrogen-bond acceptors (Lipinski definition) is 5. The first-order valence-electron chi connectivity index (χ1n) is 8.92. The number of hydrogen-bond donors (Lipinski definition) is 1. The summed E-state index contributed by atoms with van der Waals surface area (Å²) >= 11 is 5.10. The molecular formula is C20H22N4O2S. The number of ether oxygens (including phenoxy) is 1. The first kappa shape index (κ1) is 19.0. The van der Waals surface area contributed by atoms with Gasteiger partial charge >= 0.3 is 0 Å². The molecule has 140 valence electrons. The van der Waals surface area contributed by atoms with E-state index in [0.717, 1.165) is 18.6 Å². The summed E-state index contributed by atoms with van der Waals surface area (Å²) in [7, 11) is 0. The van der Waals surface area contributed by atoms with E-state index in [-0.39, 0.29) is 11.5 Å². The van der Waals surface area contributed by atoms with Gasteiger partial charge in [-0.3, -0.25) is 4.79 Å². The first-order chi connectivity index (χ1) is 13.1. The van der Waals surface area contributed by atoms with Crippen molar-refractivity contribution in [3.05, 3.63) is 64.4 Å². The van der Waals surface area contributed by atoms with Crippen LogP contribution in [0.4, 0.5) is 0 Å². The molecule has 3 aromatic rings. The van der Waals surface area contributed by atoms with Crippen molar-refractivity contribution in [1.82, 2.24) is 15.0 Å². The molecule has 1 aromatic heterocycles. The van der Waals surface area contributed by atoms with Crippen LogP contribution in [0.5, 0.6) is 5.75 Å². The summed E-state index contributed by atoms with van der Waals surface area (Å²) in [5.74, 6) is 0.953. The maximum atomic E-state index is 12.4. The first-order valence-corrected chi connectivity index (χ1v) is 9.33. The average molecular weight is 382 g/mol. The van der Waals surface area contributed by atoms with Crippen molar-refractivity contribution in [2.24, 2.45) is 11.7 Å². The number of fused-ring (bicyclic) bond motifs is 1. The van der Waals surface area contributed by atoms with E-state index in [4.69, 9.17) is 22.7 Å². The molecule has 0 bridgehead atoms. The van der Waals surface area contributed by atoms with Crippen LogP contribution >= 0.6 is 12.2 Å². The summed E-state index contributed by atoms with van der Waals surface area (Å²) in [6.07, 6.45) is 1.75. The summed E-state index contributed by atoms with van der Waals surface area (Å²) in [6.45, 7) is 2.74. The Morgan fingerprint density at radius 3 is 2.67 bits per heavy atom. The van der Waals surface area contributed by atoms with Gasteiger partial charge in [0.2, 0.25) is 0 Å². The highest BCUT2D eigenvalue weighted by Gasteiger charge is 2.10. The van der Waals surface area contributed by atoms with Crippen LogP contribution < -0.4 is 16.0 Å². The number of nitrogens with two attached hydrogens (primary N) is 1. The number of thiocarbonyl (C=S) groups is 1. The van der Waals surface area contributed by atoms with E-state index >= 15 is 0 Å². The van der Waals surface area contributed by atoms with E-state index in [2.05, 4.69) is 17.2 Å². The molecular weight excluding hydrogens is 360 g/mol. The highest BCUT2D eigenvalue weighted by atomic mass is 32.1. The van der Waals surface area contributed by atoms with Crippen LogP contribution in [0.25, 0.3) is 10.9 Å². The number of rotatable bonds is 8. The summed E-state index contributed by atoms with van der Waals surface area (Å²) in [5, 5.41) is 8.58. The van der Waals surface area contributed by atoms with Gasteiger partial charge in [0.1, 0.15) is 17.9 Å². The lowest BCUT2D eigenvalue weighted by molar-refractivity contribution is 0.285. The molecule has 0 saturated heterocycles. The second kappa shape index (κ2) is 8.73. The quantitative estimate of drug-likeness (QED) is 0.603. The average Bonchev–Trinajstić information content (AvgIpc) is 2.69. The minimum Gasteiger partial charge on any atom is -0.492 e. The van der Waals surface area contributed by atoms with Crippen molar-refractivity contribution in [2.75, 3.05) is 6.61 Å². The van der Waals surface area contributed by atoms with E-state index in [1.807, 2.05) is 36.4 Å². The maximum absolute atomic E-state index is 12.4. The lowest BCUT2D eigenvalue weighted by Gasteiger charge is -2.13. The minimum atomic E-state index is -0.164. The van der Waals surface area contributed by atoms with Gasteiger partial charge in [0, 0.05) is 5.92 Å². The molecule has 0 amide bonds. The molecule has 0 saturated carbocycles. The molecule has 0 aliphatic rings. The predicted molar refractivity (Wildman–Crippen MR) is 110 cm³/mol. The fourth-order valence-electron chi connectivity index (χ4n) is 2.87. The molecule has 1 heterocycles. The lowest BCUT2D eigenvalue weighted by atomic mass is 9.97. The van der Waals surface area contributed by atoms with Crippen molar-refractivity contribution >= 4 is 28.1 Å². The Balaban J connectivity index is 1.59. The summed E-state index contributed by atoms with van der Waals surface area (Å²) < 4.78 is 7.06. The number of nitrogens with zero attached hydrogens (tertiary/aromatic N) is 3. The molecule has 27 heavy (non-hydrogen) atoms. The number of benzene rings is 2. The molecule has 0 spiro atoms. The van der Waals surface area contributed by atoms with E-state index in [9.17, 15) is 4.79 Å². The van der Waals surface area contributed by atoms with Crippen LogP contribution in [-0.2, 0) is 13.0 Å². The van der Waals surface area contributed by atoms with Crippen molar-refractivity contribution < 1.29 is 4.74 Å². The Morgan fingerprint density at radius 1 is 1.22 bits per heavy atom. The number of aromatic nitrogens is 3. The summed E-state index contributed by atoms with van der Waals surface area (Å²) in [5.41, 5.74) is 7.36. The Kier molecular flexibility index (Phi) is 6.13. The maximum Gasteiger partial charge on any atom is 0.277 e. The molecule has 7 heteroatoms. The van der Waals surface area contributed by atoms with Gasteiger partial charge in [0.15, 0.2) is 0 Å². The lowest BCUT2D eigenvalue weighted by Crippen LogP contribution is -2.26. The van der Waals surface area contributed by atoms with Crippen molar-refractivity contribution in [3.8, 4) is 5.75 Å². The highest BCUT2D eigenvalue weighted by Crippen LogP contribution is 2.17. The van der Waals surface area contributed by atoms with E-state index < -0.39 is 0 Å². The van der Waals surface area contributed by atoms with Gasteiger partial charge in [0.25, 0.3) is 5.56 Å². The van der Waals surface area contributed by atoms with Gasteiger partial charge < -0.3 is 10.5 Å². The van der Waals surface area contributed by atoms with Gasteiger partial charge in [-0.05, 0) is 42.7 Å². The second-order valence-corrected chi connectivity index (χ2v) is 6.81. The van der Waals surface area contributed by atoms with Crippen LogP contribution in [-0.4, -0.2) is 26.6 Å². The minimum absolute atomic E-state index is 0.164. The summed E-state index contributed by atoms with van der Waals surface area (Å²) in [4.78, 5) is 12.9. The van der Waals surface area contributed by atoms with Crippen LogP contribution in [0, 0.1) is 5.92 Å². The van der Waals surface area contributed by atoms with E-state index in [0.29, 0.717) is 29.0 Å². The van der Waals surface area contributed by atoms with Gasteiger partial charge in [-0.2, -0.15) is 0 Å². The van der Waals surface area contributed by atoms with Crippen molar-refractivity contribution in [3.63, 3.8) is 0 Å². The van der Waals surface area contributed by atoms with Gasteiger partial charge in [0.05, 0.1) is 16.9 Å². The topological polar surface area (TPSA) is 83.0 Å². The second-order valence-electron chi connectivity index (χ2n) is 6.34. The van der Waals surface area contributed by atoms with Crippen molar-refractivity contribution in [1.29, 1.82) is 0 Å². The third-order valence-electron chi connectivity index (χ3n) is 4.50. The molecule has 0 fully saturated rings. The molecule has 3 rings (SSSR count). The third-order valence-corrected chi connectivity index (χ3v) is 4.84. The Labute approximate surface area is 163 Å². The highest BCUT2D eigenvalue weighted by molar-refractivity contribution is 7.80. The normalized spacial score (nSPS) is 12.0. The molecule has 2 aromatic carbocycles. The Hall–Kier alpha value is -2.80. The molecule has 6 nitrogen and oxygen atoms in total. The Bertz CT molecular complexity index is 985. The smallest absolute Gasteiger partial charge is 0.277 e. The molecule has 0 aliphatic heterocycles. The fourth-order valence-corrected chi connectivity index (χ4v) is 3.12. The zero-order valence-corrected chi connectivity index (χ0v) is 16.0. The fraction of sp³-hybridized carbons (Fsp3) is 0.300. The zero-order chi connectivity index (χ0) is 19.2. The van der Waals surface area contributed by atoms with Crippen LogP contribution in [0.3, 0.4) is 0 Å². The zero-order valence-electron chi connectivity index (χ0n) is 15.2. The molecule has 1 atom stereocenters. The van der Waals surface area contributed by atoms with E-state index in [1.165, 1.54) is 10.2 Å². The molecule has 2 N–H and O–H groups in total. The van der Waals surface area contributed by atoms with Gasteiger partial charge in [-0.15, -0.1) is 5.10 Å². The monoisotopic (exact) mass is 382 g/mol. The van der Waals surface area contributed by atoms with Crippen LogP contribution in [0.1, 0.15) is 18.9 Å². The summed E-state index contributed by atoms with van der Waals surface area (Å²) in [6, 6.07) is 15.0. The molecule has 0 radical (unpaired) electrons. The molecule has 1 unspecified atom stereocenters. The van der Waals surface area contributed by atoms with Gasteiger partial charge in [-0.1, -0.05) is 48.6 Å². The van der Waals surface area contributed by atoms with Crippen LogP contribution in [0.15, 0.2) is 53.3 Å². The SMILES string of the molecule is CCC(Cc1ccc(OCCn2nnc3ccccc3c2=O)cc1)C(N)=S. The van der Waals surface area contributed by atoms with Crippen LogP contribution in [0.2, 0.25) is 0 Å². The third kappa shape index (κ3) is 4.68.